The molecule has 0 aliphatic heterocycles. The average Bonchev–Trinajstić information content (AvgIpc) is 2.30. The third kappa shape index (κ3) is 1.96. The second-order valence-electron chi connectivity index (χ2n) is 4.50. The molecule has 1 atom stereocenters. The van der Waals surface area contributed by atoms with Gasteiger partial charge in [0.2, 0.25) is 0 Å². The van der Waals surface area contributed by atoms with Gasteiger partial charge in [-0.05, 0) is 43.6 Å². The number of aryl methyl sites for hydroxylation is 1. The van der Waals surface area contributed by atoms with Gasteiger partial charge in [-0.25, -0.2) is 0 Å². The maximum Gasteiger partial charge on any atom is 0.0526 e. The smallest absolute Gasteiger partial charge is 0.0526 e. The molecule has 1 aromatic rings. The van der Waals surface area contributed by atoms with Gasteiger partial charge < -0.3 is 0 Å². The van der Waals surface area contributed by atoms with E-state index in [-0.39, 0.29) is 0 Å². The maximum atomic E-state index is 3.95. The molecule has 0 aromatic heterocycles. The summed E-state index contributed by atoms with van der Waals surface area (Å²) in [6, 6.07) is 9.02. The highest BCUT2D eigenvalue weighted by atomic mass is 15.1. The Labute approximate surface area is 98.1 Å². The number of allylic oxidation sites excluding steroid dienone is 1. The second-order valence-corrected chi connectivity index (χ2v) is 4.50. The van der Waals surface area contributed by atoms with Crippen LogP contribution in [0.2, 0.25) is 0 Å². The average molecular weight is 213 g/mol. The molecule has 0 bridgehead atoms. The van der Waals surface area contributed by atoms with Crippen LogP contribution >= 0.6 is 0 Å². The van der Waals surface area contributed by atoms with Crippen LogP contribution in [0.1, 0.15) is 17.5 Å². The Kier molecular flexibility index (Phi) is 3.25. The van der Waals surface area contributed by atoms with Crippen molar-refractivity contribution in [1.29, 1.82) is 0 Å². The van der Waals surface area contributed by atoms with Crippen LogP contribution in [0.4, 0.5) is 0 Å². The molecule has 1 unspecified atom stereocenters. The first kappa shape index (κ1) is 11.2. The number of likely N-dealkylation sites (N-methyl/N-ethyl adjacent to an activating group) is 1. The van der Waals surface area contributed by atoms with Gasteiger partial charge in [0.1, 0.15) is 0 Å². The molecule has 84 valence electrons. The van der Waals surface area contributed by atoms with E-state index in [9.17, 15) is 0 Å². The van der Waals surface area contributed by atoms with Crippen LogP contribution in [0.5, 0.6) is 0 Å². The molecule has 1 nitrogen and oxygen atoms in total. The summed E-state index contributed by atoms with van der Waals surface area (Å²) >= 11 is 0. The summed E-state index contributed by atoms with van der Waals surface area (Å²) in [6.07, 6.45) is 6.68. The zero-order chi connectivity index (χ0) is 11.5. The summed E-state index contributed by atoms with van der Waals surface area (Å²) in [5.41, 5.74) is 4.27. The van der Waals surface area contributed by atoms with Gasteiger partial charge in [-0.15, -0.1) is 6.58 Å². The van der Waals surface area contributed by atoms with Gasteiger partial charge in [0.05, 0.1) is 6.04 Å². The van der Waals surface area contributed by atoms with E-state index in [4.69, 9.17) is 0 Å². The molecule has 2 rings (SSSR count). The Hall–Kier alpha value is -1.34. The molecule has 1 aromatic carbocycles. The van der Waals surface area contributed by atoms with Gasteiger partial charge in [-0.1, -0.05) is 36.4 Å². The minimum atomic E-state index is 0.321. The summed E-state index contributed by atoms with van der Waals surface area (Å²) in [5.74, 6) is 0. The number of fused-ring (bicyclic) bond motifs is 1. The minimum absolute atomic E-state index is 0.321. The van der Waals surface area contributed by atoms with E-state index in [0.29, 0.717) is 6.04 Å². The number of nitrogens with zero attached hydrogens (tertiary/aromatic N) is 1. The van der Waals surface area contributed by atoms with Crippen molar-refractivity contribution in [2.75, 3.05) is 14.1 Å². The first-order valence-electron chi connectivity index (χ1n) is 5.81. The number of benzene rings is 1. The van der Waals surface area contributed by atoms with Crippen LogP contribution in [0.15, 0.2) is 43.0 Å². The van der Waals surface area contributed by atoms with Crippen molar-refractivity contribution >= 4 is 5.57 Å². The predicted molar refractivity (Wildman–Crippen MR) is 70.4 cm³/mol. The molecule has 16 heavy (non-hydrogen) atoms. The highest BCUT2D eigenvalue weighted by molar-refractivity contribution is 5.74. The molecule has 0 heterocycles. The molecular formula is C15H19N. The monoisotopic (exact) mass is 213 g/mol. The van der Waals surface area contributed by atoms with E-state index in [1.807, 2.05) is 6.08 Å². The predicted octanol–water partition coefficient (Wildman–Crippen LogP) is 3.13. The fourth-order valence-corrected chi connectivity index (χ4v) is 2.41. The van der Waals surface area contributed by atoms with Gasteiger partial charge in [-0.3, -0.25) is 4.90 Å². The summed E-state index contributed by atoms with van der Waals surface area (Å²) in [7, 11) is 4.20. The quantitative estimate of drug-likeness (QED) is 0.697. The number of rotatable bonds is 3. The molecule has 1 aliphatic rings. The minimum Gasteiger partial charge on any atom is -0.299 e. The first-order chi connectivity index (χ1) is 7.74. The topological polar surface area (TPSA) is 3.24 Å². The van der Waals surface area contributed by atoms with E-state index in [0.717, 1.165) is 12.8 Å². The lowest BCUT2D eigenvalue weighted by Gasteiger charge is -2.28. The summed E-state index contributed by atoms with van der Waals surface area (Å²) in [4.78, 5) is 2.21. The van der Waals surface area contributed by atoms with Crippen LogP contribution in [-0.4, -0.2) is 25.0 Å². The van der Waals surface area contributed by atoms with Crippen LogP contribution in [0.3, 0.4) is 0 Å². The Morgan fingerprint density at radius 3 is 2.75 bits per heavy atom. The Bertz CT molecular complexity index is 415. The molecule has 0 spiro atoms. The van der Waals surface area contributed by atoms with Crippen molar-refractivity contribution in [3.05, 3.63) is 54.1 Å². The normalized spacial score (nSPS) is 16.6. The van der Waals surface area contributed by atoms with E-state index in [1.165, 1.54) is 16.7 Å². The van der Waals surface area contributed by atoms with Crippen molar-refractivity contribution in [2.45, 2.75) is 18.9 Å². The summed E-state index contributed by atoms with van der Waals surface area (Å²) in [6.45, 7) is 3.95. The standard InChI is InChI=1S/C15H19N/c1-4-15(16(2)3)14-11-7-9-12-8-5-6-10-13(12)14/h4-6,8,10-11,15H,1,7,9H2,2-3H3. The third-order valence-corrected chi connectivity index (χ3v) is 3.20. The SMILES string of the molecule is C=CC(C1=CCCc2ccccc21)N(C)C. The van der Waals surface area contributed by atoms with Crippen molar-refractivity contribution in [3.63, 3.8) is 0 Å². The molecule has 0 fully saturated rings. The van der Waals surface area contributed by atoms with E-state index < -0.39 is 0 Å². The fourth-order valence-electron chi connectivity index (χ4n) is 2.41. The molecular weight excluding hydrogens is 194 g/mol. The summed E-state index contributed by atoms with van der Waals surface area (Å²) < 4.78 is 0. The molecule has 0 saturated heterocycles. The number of hydrogen-bond acceptors (Lipinski definition) is 1. The lowest BCUT2D eigenvalue weighted by Crippen LogP contribution is -2.28. The van der Waals surface area contributed by atoms with E-state index in [2.05, 4.69) is 55.9 Å². The Morgan fingerprint density at radius 1 is 1.31 bits per heavy atom. The van der Waals surface area contributed by atoms with Gasteiger partial charge in [-0.2, -0.15) is 0 Å². The molecule has 1 heteroatoms. The maximum absolute atomic E-state index is 3.95. The third-order valence-electron chi connectivity index (χ3n) is 3.20. The zero-order valence-corrected chi connectivity index (χ0v) is 10.1. The van der Waals surface area contributed by atoms with Gasteiger partial charge in [0, 0.05) is 0 Å². The Morgan fingerprint density at radius 2 is 2.06 bits per heavy atom. The van der Waals surface area contributed by atoms with Crippen LogP contribution in [0, 0.1) is 0 Å². The van der Waals surface area contributed by atoms with Gasteiger partial charge in [0.25, 0.3) is 0 Å². The van der Waals surface area contributed by atoms with Crippen LogP contribution in [-0.2, 0) is 6.42 Å². The van der Waals surface area contributed by atoms with E-state index in [1.54, 1.807) is 0 Å². The van der Waals surface area contributed by atoms with Crippen LogP contribution < -0.4 is 0 Å². The zero-order valence-electron chi connectivity index (χ0n) is 10.1. The molecule has 0 saturated carbocycles. The van der Waals surface area contributed by atoms with Crippen molar-refractivity contribution in [3.8, 4) is 0 Å². The molecule has 0 N–H and O–H groups in total. The van der Waals surface area contributed by atoms with Crippen LogP contribution in [0.25, 0.3) is 5.57 Å². The largest absolute Gasteiger partial charge is 0.299 e. The van der Waals surface area contributed by atoms with Gasteiger partial charge in [0.15, 0.2) is 0 Å². The van der Waals surface area contributed by atoms with Crippen molar-refractivity contribution in [2.24, 2.45) is 0 Å². The lowest BCUT2D eigenvalue weighted by molar-refractivity contribution is 0.399. The fraction of sp³-hybridized carbons (Fsp3) is 0.333. The molecule has 0 radical (unpaired) electrons. The van der Waals surface area contributed by atoms with Gasteiger partial charge >= 0.3 is 0 Å². The van der Waals surface area contributed by atoms with Crippen molar-refractivity contribution in [1.82, 2.24) is 4.90 Å². The highest BCUT2D eigenvalue weighted by Crippen LogP contribution is 2.30. The number of hydrogen-bond donors (Lipinski definition) is 0. The summed E-state index contributed by atoms with van der Waals surface area (Å²) in [5, 5.41) is 0. The lowest BCUT2D eigenvalue weighted by atomic mass is 9.86. The highest BCUT2D eigenvalue weighted by Gasteiger charge is 2.19. The van der Waals surface area contributed by atoms with E-state index >= 15 is 0 Å². The first-order valence-corrected chi connectivity index (χ1v) is 5.81. The molecule has 0 amide bonds. The van der Waals surface area contributed by atoms with Crippen molar-refractivity contribution < 1.29 is 0 Å². The Balaban J connectivity index is 2.42. The second kappa shape index (κ2) is 4.67. The molecule has 1 aliphatic carbocycles.